The van der Waals surface area contributed by atoms with E-state index in [9.17, 15) is 0 Å². The van der Waals surface area contributed by atoms with E-state index in [4.69, 9.17) is 0 Å². The molecular formula is C48H76Br2N4O2S2. The Hall–Kier alpha value is -1.36. The molecule has 2 aromatic heterocycles. The van der Waals surface area contributed by atoms with Crippen LogP contribution in [0.15, 0.2) is 31.4 Å². The highest BCUT2D eigenvalue weighted by atomic mass is 79.9. The molecule has 3 unspecified atom stereocenters. The van der Waals surface area contributed by atoms with Gasteiger partial charge in [-0.25, -0.2) is 9.97 Å². The van der Waals surface area contributed by atoms with E-state index in [1.807, 2.05) is 22.2 Å². The van der Waals surface area contributed by atoms with Crippen molar-refractivity contribution < 1.29 is 9.59 Å². The number of hydrogen-bond donors (Lipinski definition) is 0. The molecular weight excluding hydrogens is 888 g/mol. The molecule has 0 radical (unpaired) electrons. The van der Waals surface area contributed by atoms with Gasteiger partial charge in [-0.2, -0.15) is 0 Å². The molecule has 2 aliphatic rings. The molecule has 0 N–H and O–H groups in total. The quantitative estimate of drug-likeness (QED) is 0.0685. The average Bonchev–Trinajstić information content (AvgIpc) is 3.95. The second-order valence-electron chi connectivity index (χ2n) is 17.9. The van der Waals surface area contributed by atoms with Crippen molar-refractivity contribution >= 4 is 77.7 Å². The summed E-state index contributed by atoms with van der Waals surface area (Å²) < 4.78 is 1.53. The third-order valence-corrected chi connectivity index (χ3v) is 15.3. The maximum absolute atomic E-state index is 15.2. The molecule has 0 spiro atoms. The second kappa shape index (κ2) is 26.9. The molecule has 0 saturated heterocycles. The zero-order valence-electron chi connectivity index (χ0n) is 37.0. The SMILES string of the molecule is CCCCCCCCC(CCCCCC)CN1C(=O)C2=C(c3cnc(Br)s3)N(CC(CCCCCCCC)CCCCC(C)CC(C)C)C(=O)C2=C1c1cnc(Br)s1. The van der Waals surface area contributed by atoms with Crippen molar-refractivity contribution in [2.45, 2.75) is 196 Å². The van der Waals surface area contributed by atoms with Crippen LogP contribution in [-0.2, 0) is 9.59 Å². The van der Waals surface area contributed by atoms with E-state index in [1.165, 1.54) is 151 Å². The number of unbranched alkanes of at least 4 members (excludes halogenated alkanes) is 14. The Balaban J connectivity index is 1.67. The Labute approximate surface area is 378 Å². The third-order valence-electron chi connectivity index (χ3n) is 12.3. The maximum atomic E-state index is 15.2. The number of halogens is 2. The lowest BCUT2D eigenvalue weighted by Gasteiger charge is -2.29. The largest absolute Gasteiger partial charge is 0.306 e. The molecule has 326 valence electrons. The number of thiazole rings is 2. The van der Waals surface area contributed by atoms with Gasteiger partial charge in [-0.05, 0) is 87.6 Å². The summed E-state index contributed by atoms with van der Waals surface area (Å²) in [5.74, 6) is 2.17. The summed E-state index contributed by atoms with van der Waals surface area (Å²) >= 11 is 10.3. The molecule has 0 bridgehead atoms. The van der Waals surface area contributed by atoms with Crippen molar-refractivity contribution in [3.05, 3.63) is 41.1 Å². The molecule has 2 amide bonds. The summed E-state index contributed by atoms with van der Waals surface area (Å²) in [6.07, 6.45) is 33.1. The Kier molecular flexibility index (Phi) is 22.8. The highest BCUT2D eigenvalue weighted by Gasteiger charge is 2.50. The Morgan fingerprint density at radius 1 is 0.534 bits per heavy atom. The lowest BCUT2D eigenvalue weighted by Crippen LogP contribution is -2.34. The van der Waals surface area contributed by atoms with Crippen molar-refractivity contribution in [2.24, 2.45) is 23.7 Å². The third kappa shape index (κ3) is 15.2. The van der Waals surface area contributed by atoms with E-state index >= 15 is 9.59 Å². The predicted molar refractivity (Wildman–Crippen MR) is 256 cm³/mol. The van der Waals surface area contributed by atoms with Crippen LogP contribution in [0.5, 0.6) is 0 Å². The first-order chi connectivity index (χ1) is 28.1. The predicted octanol–water partition coefficient (Wildman–Crippen LogP) is 15.9. The molecule has 4 rings (SSSR count). The van der Waals surface area contributed by atoms with Crippen molar-refractivity contribution in [1.82, 2.24) is 19.8 Å². The minimum Gasteiger partial charge on any atom is -0.306 e. The molecule has 3 atom stereocenters. The van der Waals surface area contributed by atoms with Gasteiger partial charge in [0.1, 0.15) is 0 Å². The summed E-state index contributed by atoms with van der Waals surface area (Å²) in [5, 5.41) is 0. The number of rotatable bonds is 32. The summed E-state index contributed by atoms with van der Waals surface area (Å²) in [7, 11) is 0. The number of carbonyl (C=O) groups excluding carboxylic acids is 2. The smallest absolute Gasteiger partial charge is 0.261 e. The Morgan fingerprint density at radius 3 is 1.24 bits per heavy atom. The summed E-state index contributed by atoms with van der Waals surface area (Å²) in [5.41, 5.74) is 2.69. The van der Waals surface area contributed by atoms with Crippen LogP contribution >= 0.6 is 54.5 Å². The first-order valence-electron chi connectivity index (χ1n) is 23.4. The van der Waals surface area contributed by atoms with E-state index < -0.39 is 0 Å². The van der Waals surface area contributed by atoms with Crippen LogP contribution in [0.4, 0.5) is 0 Å². The van der Waals surface area contributed by atoms with Crippen LogP contribution in [0.25, 0.3) is 11.4 Å². The lowest BCUT2D eigenvalue weighted by molar-refractivity contribution is -0.124. The Bertz CT molecular complexity index is 1600. The van der Waals surface area contributed by atoms with Crippen molar-refractivity contribution in [3.63, 3.8) is 0 Å². The molecule has 0 saturated carbocycles. The van der Waals surface area contributed by atoms with Crippen LogP contribution in [0, 0.1) is 23.7 Å². The first kappa shape index (κ1) is 49.3. The van der Waals surface area contributed by atoms with Gasteiger partial charge in [0.25, 0.3) is 11.8 Å². The molecule has 4 heterocycles. The number of fused-ring (bicyclic) bond motifs is 1. The lowest BCUT2D eigenvalue weighted by atomic mass is 9.90. The van der Waals surface area contributed by atoms with Crippen LogP contribution in [0.2, 0.25) is 0 Å². The van der Waals surface area contributed by atoms with Gasteiger partial charge in [0.15, 0.2) is 7.83 Å². The maximum Gasteiger partial charge on any atom is 0.261 e. The zero-order valence-corrected chi connectivity index (χ0v) is 41.8. The fourth-order valence-corrected chi connectivity index (χ4v) is 11.9. The zero-order chi connectivity index (χ0) is 41.9. The van der Waals surface area contributed by atoms with Crippen molar-refractivity contribution in [3.8, 4) is 0 Å². The van der Waals surface area contributed by atoms with E-state index in [0.29, 0.717) is 36.1 Å². The van der Waals surface area contributed by atoms with Gasteiger partial charge in [0.2, 0.25) is 0 Å². The molecule has 6 nitrogen and oxygen atoms in total. The molecule has 0 aliphatic carbocycles. The van der Waals surface area contributed by atoms with Gasteiger partial charge in [0.05, 0.1) is 32.3 Å². The van der Waals surface area contributed by atoms with Crippen molar-refractivity contribution in [2.75, 3.05) is 13.1 Å². The highest BCUT2D eigenvalue weighted by Crippen LogP contribution is 2.49. The topological polar surface area (TPSA) is 66.4 Å². The number of nitrogens with zero attached hydrogens (tertiary/aromatic N) is 4. The highest BCUT2D eigenvalue weighted by molar-refractivity contribution is 9.11. The van der Waals surface area contributed by atoms with Gasteiger partial charge >= 0.3 is 0 Å². The van der Waals surface area contributed by atoms with E-state index in [0.717, 1.165) is 66.5 Å². The second-order valence-corrected chi connectivity index (χ2v) is 22.6. The fourth-order valence-electron chi connectivity index (χ4n) is 9.29. The number of carbonyl (C=O) groups is 2. The van der Waals surface area contributed by atoms with E-state index in [-0.39, 0.29) is 11.8 Å². The number of hydrogen-bond acceptors (Lipinski definition) is 6. The fraction of sp³-hybridized carbons (Fsp3) is 0.750. The first-order valence-corrected chi connectivity index (χ1v) is 26.7. The number of aromatic nitrogens is 2. The summed E-state index contributed by atoms with van der Waals surface area (Å²) in [6.45, 7) is 15.1. The molecule has 58 heavy (non-hydrogen) atoms. The van der Waals surface area contributed by atoms with Gasteiger partial charge in [-0.3, -0.25) is 9.59 Å². The minimum absolute atomic E-state index is 0.0289. The van der Waals surface area contributed by atoms with Crippen LogP contribution in [0.1, 0.15) is 205 Å². The summed E-state index contributed by atoms with van der Waals surface area (Å²) in [4.78, 5) is 45.3. The minimum atomic E-state index is -0.0296. The van der Waals surface area contributed by atoms with Crippen LogP contribution in [0.3, 0.4) is 0 Å². The molecule has 2 aliphatic heterocycles. The van der Waals surface area contributed by atoms with Crippen molar-refractivity contribution in [1.29, 1.82) is 0 Å². The number of amides is 2. The van der Waals surface area contributed by atoms with Gasteiger partial charge in [0, 0.05) is 25.5 Å². The van der Waals surface area contributed by atoms with E-state index in [1.54, 1.807) is 0 Å². The summed E-state index contributed by atoms with van der Waals surface area (Å²) in [6, 6.07) is 0. The average molecular weight is 965 g/mol. The Morgan fingerprint density at radius 2 is 0.879 bits per heavy atom. The van der Waals surface area contributed by atoms with Crippen LogP contribution in [-0.4, -0.2) is 44.7 Å². The monoisotopic (exact) mass is 962 g/mol. The van der Waals surface area contributed by atoms with Crippen LogP contribution < -0.4 is 0 Å². The molecule has 2 aromatic rings. The molecule has 0 aromatic carbocycles. The van der Waals surface area contributed by atoms with Gasteiger partial charge < -0.3 is 9.80 Å². The molecule has 10 heteroatoms. The normalized spacial score (nSPS) is 16.2. The van der Waals surface area contributed by atoms with E-state index in [2.05, 4.69) is 83.4 Å². The standard InChI is InChI=1S/C48H76Br2N4O2S2/c1-7-10-13-16-18-21-27-37(26-20-15-12-9-3)33-53-43(39-31-51-47(49)57-39)41-42(45(53)55)44(40-32-52-48(50)58-40)54(46(41)56)34-38(28-22-19-17-14-11-8-2)29-24-23-25-36(6)30-35(4)5/h31-32,35-38H,7-30,33-34H2,1-6H3. The van der Waals surface area contributed by atoms with Gasteiger partial charge in [-0.15, -0.1) is 22.7 Å². The molecule has 0 fully saturated rings. The van der Waals surface area contributed by atoms with Gasteiger partial charge in [-0.1, -0.05) is 164 Å².